The van der Waals surface area contributed by atoms with Gasteiger partial charge in [0, 0.05) is 18.1 Å². The van der Waals surface area contributed by atoms with Crippen LogP contribution in [0.5, 0.6) is 17.2 Å². The topological polar surface area (TPSA) is 123 Å². The number of carbonyl (C=O) groups is 2. The van der Waals surface area contributed by atoms with E-state index in [1.54, 1.807) is 6.92 Å². The molecule has 0 fully saturated rings. The molecule has 0 aliphatic carbocycles. The van der Waals surface area contributed by atoms with Crippen LogP contribution < -0.4 is 9.47 Å². The number of phenols is 1. The first-order valence-corrected chi connectivity index (χ1v) is 8.72. The number of rotatable bonds is 2. The van der Waals surface area contributed by atoms with Gasteiger partial charge in [-0.15, -0.1) is 0 Å². The van der Waals surface area contributed by atoms with Crippen LogP contribution in [0.2, 0.25) is 0 Å². The molecule has 0 bridgehead atoms. The van der Waals surface area contributed by atoms with E-state index in [9.17, 15) is 24.9 Å². The summed E-state index contributed by atoms with van der Waals surface area (Å²) >= 11 is 0. The van der Waals surface area contributed by atoms with E-state index in [-0.39, 0.29) is 41.2 Å². The summed E-state index contributed by atoms with van der Waals surface area (Å²) in [6, 6.07) is 1.25. The van der Waals surface area contributed by atoms with Crippen LogP contribution in [0, 0.1) is 0 Å². The Morgan fingerprint density at radius 2 is 1.75 bits per heavy atom. The SMILES string of the molecule is COc1cc(O)c2c(c1OC)/C=C/CC(O)C(O)C(=O)/C=C\CC(C)OC2=O. The maximum Gasteiger partial charge on any atom is 0.342 e. The zero-order valence-corrected chi connectivity index (χ0v) is 15.9. The number of carbonyl (C=O) groups excluding carboxylic acids is 2. The van der Waals surface area contributed by atoms with Crippen molar-refractivity contribution in [2.75, 3.05) is 14.2 Å². The number of aromatic hydroxyl groups is 1. The fourth-order valence-electron chi connectivity index (χ4n) is 2.79. The van der Waals surface area contributed by atoms with Gasteiger partial charge in [0.15, 0.2) is 17.3 Å². The van der Waals surface area contributed by atoms with Crippen LogP contribution in [0.15, 0.2) is 24.3 Å². The first-order chi connectivity index (χ1) is 13.3. The molecule has 3 atom stereocenters. The molecule has 28 heavy (non-hydrogen) atoms. The van der Waals surface area contributed by atoms with Crippen molar-refractivity contribution in [2.45, 2.75) is 38.1 Å². The van der Waals surface area contributed by atoms with Crippen molar-refractivity contribution >= 4 is 17.8 Å². The quantitative estimate of drug-likeness (QED) is 0.649. The van der Waals surface area contributed by atoms with E-state index in [1.807, 2.05) is 0 Å². The molecule has 2 rings (SSSR count). The number of cyclic esters (lactones) is 1. The summed E-state index contributed by atoms with van der Waals surface area (Å²) in [6.07, 6.45) is 2.09. The van der Waals surface area contributed by atoms with E-state index in [2.05, 4.69) is 0 Å². The number of hydrogen-bond donors (Lipinski definition) is 3. The predicted octanol–water partition coefficient (Wildman–Crippen LogP) is 1.61. The molecule has 3 N–H and O–H groups in total. The number of benzene rings is 1. The Morgan fingerprint density at radius 3 is 2.39 bits per heavy atom. The summed E-state index contributed by atoms with van der Waals surface area (Å²) in [4.78, 5) is 24.6. The number of ketones is 1. The van der Waals surface area contributed by atoms with Crippen molar-refractivity contribution in [2.24, 2.45) is 0 Å². The molecule has 1 aromatic rings. The van der Waals surface area contributed by atoms with Crippen molar-refractivity contribution in [1.82, 2.24) is 0 Å². The largest absolute Gasteiger partial charge is 0.507 e. The summed E-state index contributed by atoms with van der Waals surface area (Å²) in [5.41, 5.74) is 0.0741. The molecule has 0 radical (unpaired) electrons. The van der Waals surface area contributed by atoms with Crippen LogP contribution in [-0.2, 0) is 9.53 Å². The molecular weight excluding hydrogens is 368 g/mol. The van der Waals surface area contributed by atoms with Gasteiger partial charge in [-0.3, -0.25) is 4.79 Å². The third kappa shape index (κ3) is 4.71. The van der Waals surface area contributed by atoms with Crippen molar-refractivity contribution < 1.29 is 39.1 Å². The third-order valence-corrected chi connectivity index (χ3v) is 4.27. The molecule has 0 aromatic heterocycles. The van der Waals surface area contributed by atoms with Gasteiger partial charge in [-0.2, -0.15) is 0 Å². The van der Waals surface area contributed by atoms with E-state index in [0.717, 1.165) is 6.08 Å². The lowest BCUT2D eigenvalue weighted by Gasteiger charge is -2.18. The van der Waals surface area contributed by atoms with Crippen molar-refractivity contribution in [3.63, 3.8) is 0 Å². The Hall–Kier alpha value is -2.84. The molecule has 1 aromatic carbocycles. The summed E-state index contributed by atoms with van der Waals surface area (Å²) in [5, 5.41) is 30.3. The van der Waals surface area contributed by atoms with Crippen LogP contribution >= 0.6 is 0 Å². The lowest BCUT2D eigenvalue weighted by Crippen LogP contribution is -2.32. The summed E-state index contributed by atoms with van der Waals surface area (Å²) in [6.45, 7) is 1.62. The first kappa shape index (κ1) is 21.5. The second-order valence-electron chi connectivity index (χ2n) is 6.33. The average molecular weight is 392 g/mol. The van der Waals surface area contributed by atoms with Crippen LogP contribution in [0.3, 0.4) is 0 Å². The Labute approximate surface area is 162 Å². The van der Waals surface area contributed by atoms with Gasteiger partial charge in [-0.1, -0.05) is 18.2 Å². The molecule has 0 saturated heterocycles. The Morgan fingerprint density at radius 1 is 1.07 bits per heavy atom. The van der Waals surface area contributed by atoms with E-state index in [4.69, 9.17) is 14.2 Å². The van der Waals surface area contributed by atoms with Gasteiger partial charge < -0.3 is 29.5 Å². The van der Waals surface area contributed by atoms with Gasteiger partial charge in [0.25, 0.3) is 0 Å². The minimum absolute atomic E-state index is 0.0766. The minimum atomic E-state index is -1.58. The monoisotopic (exact) mass is 392 g/mol. The molecule has 152 valence electrons. The molecular formula is C20H24O8. The number of ether oxygens (including phenoxy) is 3. The second-order valence-corrected chi connectivity index (χ2v) is 6.33. The van der Waals surface area contributed by atoms with Crippen LogP contribution in [-0.4, -0.2) is 59.6 Å². The Balaban J connectivity index is 2.58. The van der Waals surface area contributed by atoms with Crippen LogP contribution in [0.4, 0.5) is 0 Å². The minimum Gasteiger partial charge on any atom is -0.507 e. The normalized spacial score (nSPS) is 25.8. The lowest BCUT2D eigenvalue weighted by atomic mass is 10.0. The first-order valence-electron chi connectivity index (χ1n) is 8.72. The lowest BCUT2D eigenvalue weighted by molar-refractivity contribution is -0.127. The van der Waals surface area contributed by atoms with Crippen molar-refractivity contribution in [3.05, 3.63) is 35.4 Å². The number of aliphatic hydroxyl groups excluding tert-OH is 2. The van der Waals surface area contributed by atoms with E-state index < -0.39 is 30.1 Å². The van der Waals surface area contributed by atoms with Gasteiger partial charge in [0.05, 0.1) is 20.3 Å². The van der Waals surface area contributed by atoms with Crippen LogP contribution in [0.25, 0.3) is 6.08 Å². The fraction of sp³-hybridized carbons (Fsp3) is 0.400. The Bertz CT molecular complexity index is 796. The third-order valence-electron chi connectivity index (χ3n) is 4.27. The van der Waals surface area contributed by atoms with E-state index in [1.165, 1.54) is 38.5 Å². The molecule has 1 aliphatic rings. The zero-order valence-electron chi connectivity index (χ0n) is 15.9. The number of aliphatic hydroxyl groups is 2. The average Bonchev–Trinajstić information content (AvgIpc) is 2.65. The van der Waals surface area contributed by atoms with Crippen molar-refractivity contribution in [3.8, 4) is 17.2 Å². The summed E-state index contributed by atoms with van der Waals surface area (Å²) in [5.74, 6) is -1.39. The second kappa shape index (κ2) is 9.38. The smallest absolute Gasteiger partial charge is 0.342 e. The van der Waals surface area contributed by atoms with Gasteiger partial charge >= 0.3 is 5.97 Å². The molecule has 8 nitrogen and oxygen atoms in total. The van der Waals surface area contributed by atoms with Gasteiger partial charge in [-0.25, -0.2) is 4.79 Å². The standard InChI is InChI=1S/C20H24O8/c1-11-6-4-8-13(21)18(24)14(22)9-5-7-12-17(20(25)28-11)15(23)10-16(26-2)19(12)27-3/h4-5,7-8,10-11,14,18,22-24H,6,9H2,1-3H3/b7-5+,8-4-. The highest BCUT2D eigenvalue weighted by atomic mass is 16.5. The fourth-order valence-corrected chi connectivity index (χ4v) is 2.79. The van der Waals surface area contributed by atoms with Crippen LogP contribution in [0.1, 0.15) is 35.7 Å². The van der Waals surface area contributed by atoms with Crippen molar-refractivity contribution in [1.29, 1.82) is 0 Å². The van der Waals surface area contributed by atoms with E-state index >= 15 is 0 Å². The summed E-state index contributed by atoms with van der Waals surface area (Å²) < 4.78 is 15.9. The van der Waals surface area contributed by atoms with E-state index in [0.29, 0.717) is 0 Å². The molecule has 0 amide bonds. The molecule has 3 unspecified atom stereocenters. The van der Waals surface area contributed by atoms with Gasteiger partial charge in [0.1, 0.15) is 23.5 Å². The van der Waals surface area contributed by atoms with Gasteiger partial charge in [-0.05, 0) is 19.4 Å². The molecule has 0 spiro atoms. The number of fused-ring (bicyclic) bond motifs is 1. The number of methoxy groups -OCH3 is 2. The highest BCUT2D eigenvalue weighted by molar-refractivity contribution is 5.98. The Kier molecular flexibility index (Phi) is 7.19. The molecule has 1 aliphatic heterocycles. The maximum atomic E-state index is 12.7. The highest BCUT2D eigenvalue weighted by Crippen LogP contribution is 2.40. The predicted molar refractivity (Wildman–Crippen MR) is 101 cm³/mol. The van der Waals surface area contributed by atoms with Gasteiger partial charge in [0.2, 0.25) is 0 Å². The maximum absolute atomic E-state index is 12.7. The molecule has 1 heterocycles. The zero-order chi connectivity index (χ0) is 20.8. The molecule has 0 saturated carbocycles. The number of esters is 1. The molecule has 8 heteroatoms. The number of hydrogen-bond acceptors (Lipinski definition) is 8. The summed E-state index contributed by atoms with van der Waals surface area (Å²) in [7, 11) is 2.76. The highest BCUT2D eigenvalue weighted by Gasteiger charge is 2.26. The number of phenolic OH excluding ortho intramolecular Hbond substituents is 1.